The van der Waals surface area contributed by atoms with Crippen molar-refractivity contribution in [2.75, 3.05) is 0 Å². The minimum atomic E-state index is -0.717. The van der Waals surface area contributed by atoms with E-state index in [2.05, 4.69) is 4.98 Å². The van der Waals surface area contributed by atoms with Gasteiger partial charge in [0.15, 0.2) is 0 Å². The second-order valence-electron chi connectivity index (χ2n) is 4.12. The number of nitrogens with one attached hydrogen (secondary N) is 1. The van der Waals surface area contributed by atoms with Gasteiger partial charge in [0, 0.05) is 10.9 Å². The standard InChI is InChI=1S/C14H10N2O2/c15-13(17)11-7-10-9-4-2-1-3-8(9)5-6-12(10)16-14(11)18/h1-7H,(H2,15,17)(H,16,18). The molecule has 4 nitrogen and oxygen atoms in total. The zero-order chi connectivity index (χ0) is 12.7. The van der Waals surface area contributed by atoms with E-state index in [9.17, 15) is 9.59 Å². The molecule has 4 heteroatoms. The summed E-state index contributed by atoms with van der Waals surface area (Å²) in [6.45, 7) is 0. The molecule has 3 N–H and O–H groups in total. The highest BCUT2D eigenvalue weighted by Crippen LogP contribution is 2.23. The predicted octanol–water partition coefficient (Wildman–Crippen LogP) is 1.78. The van der Waals surface area contributed by atoms with Crippen LogP contribution in [0.3, 0.4) is 0 Å². The van der Waals surface area contributed by atoms with E-state index >= 15 is 0 Å². The average Bonchev–Trinajstić information content (AvgIpc) is 2.37. The van der Waals surface area contributed by atoms with Crippen LogP contribution in [0.4, 0.5) is 0 Å². The van der Waals surface area contributed by atoms with Gasteiger partial charge in [0.1, 0.15) is 5.56 Å². The number of benzene rings is 2. The van der Waals surface area contributed by atoms with E-state index in [0.29, 0.717) is 5.52 Å². The number of fused-ring (bicyclic) bond motifs is 3. The van der Waals surface area contributed by atoms with Crippen molar-refractivity contribution < 1.29 is 4.79 Å². The maximum absolute atomic E-state index is 11.7. The fourth-order valence-corrected chi connectivity index (χ4v) is 2.14. The number of H-pyrrole nitrogens is 1. The first kappa shape index (κ1) is 10.5. The van der Waals surface area contributed by atoms with Crippen LogP contribution in [0.5, 0.6) is 0 Å². The summed E-state index contributed by atoms with van der Waals surface area (Å²) in [5.41, 5.74) is 5.42. The molecule has 0 fully saturated rings. The molecule has 88 valence electrons. The maximum atomic E-state index is 11.7. The minimum Gasteiger partial charge on any atom is -0.365 e. The third-order valence-corrected chi connectivity index (χ3v) is 3.02. The van der Waals surface area contributed by atoms with Crippen LogP contribution in [0.2, 0.25) is 0 Å². The molecule has 3 rings (SSSR count). The lowest BCUT2D eigenvalue weighted by molar-refractivity contribution is 0.0999. The number of carbonyl (C=O) groups is 1. The van der Waals surface area contributed by atoms with Crippen LogP contribution in [0.15, 0.2) is 47.3 Å². The Morgan fingerprint density at radius 1 is 1.06 bits per heavy atom. The first-order chi connectivity index (χ1) is 8.66. The molecule has 0 atom stereocenters. The van der Waals surface area contributed by atoms with Crippen LogP contribution in [-0.4, -0.2) is 10.9 Å². The van der Waals surface area contributed by atoms with Gasteiger partial charge in [-0.25, -0.2) is 0 Å². The Balaban J connectivity index is 2.53. The van der Waals surface area contributed by atoms with Crippen LogP contribution < -0.4 is 11.3 Å². The van der Waals surface area contributed by atoms with E-state index in [1.807, 2.05) is 36.4 Å². The van der Waals surface area contributed by atoms with Gasteiger partial charge < -0.3 is 10.7 Å². The Bertz CT molecular complexity index is 834. The minimum absolute atomic E-state index is 0.0150. The molecule has 0 spiro atoms. The monoisotopic (exact) mass is 238 g/mol. The lowest BCUT2D eigenvalue weighted by atomic mass is 10.0. The molecule has 0 radical (unpaired) electrons. The van der Waals surface area contributed by atoms with E-state index in [0.717, 1.165) is 16.2 Å². The van der Waals surface area contributed by atoms with Crippen LogP contribution in [0, 0.1) is 0 Å². The number of primary amides is 1. The SMILES string of the molecule is NC(=O)c1cc2c(ccc3ccccc32)[nH]c1=O. The van der Waals surface area contributed by atoms with Crippen LogP contribution in [-0.2, 0) is 0 Å². The highest BCUT2D eigenvalue weighted by molar-refractivity contribution is 6.08. The largest absolute Gasteiger partial charge is 0.365 e. The summed E-state index contributed by atoms with van der Waals surface area (Å²) in [4.78, 5) is 25.5. The Hall–Kier alpha value is -2.62. The molecular formula is C14H10N2O2. The summed E-state index contributed by atoms with van der Waals surface area (Å²) in [7, 11) is 0. The predicted molar refractivity (Wildman–Crippen MR) is 70.6 cm³/mol. The molecular weight excluding hydrogens is 228 g/mol. The van der Waals surface area contributed by atoms with Crippen LogP contribution >= 0.6 is 0 Å². The summed E-state index contributed by atoms with van der Waals surface area (Å²) in [6.07, 6.45) is 0. The molecule has 0 saturated carbocycles. The topological polar surface area (TPSA) is 76.0 Å². The summed E-state index contributed by atoms with van der Waals surface area (Å²) in [5.74, 6) is -0.717. The van der Waals surface area contributed by atoms with Crippen molar-refractivity contribution in [1.29, 1.82) is 0 Å². The van der Waals surface area contributed by atoms with Crippen molar-refractivity contribution >= 4 is 27.6 Å². The third-order valence-electron chi connectivity index (χ3n) is 3.02. The van der Waals surface area contributed by atoms with Gasteiger partial charge in [0.2, 0.25) is 0 Å². The highest BCUT2D eigenvalue weighted by atomic mass is 16.2. The lowest BCUT2D eigenvalue weighted by Crippen LogP contribution is -2.23. The fraction of sp³-hybridized carbons (Fsp3) is 0. The van der Waals surface area contributed by atoms with E-state index in [4.69, 9.17) is 5.73 Å². The van der Waals surface area contributed by atoms with Gasteiger partial charge >= 0.3 is 0 Å². The van der Waals surface area contributed by atoms with Gasteiger partial charge in [-0.05, 0) is 22.9 Å². The van der Waals surface area contributed by atoms with Gasteiger partial charge in [-0.2, -0.15) is 0 Å². The zero-order valence-corrected chi connectivity index (χ0v) is 9.44. The van der Waals surface area contributed by atoms with Crippen molar-refractivity contribution in [2.24, 2.45) is 5.73 Å². The van der Waals surface area contributed by atoms with Crippen molar-refractivity contribution in [1.82, 2.24) is 4.98 Å². The average molecular weight is 238 g/mol. The Morgan fingerprint density at radius 2 is 1.83 bits per heavy atom. The highest BCUT2D eigenvalue weighted by Gasteiger charge is 2.09. The number of hydrogen-bond acceptors (Lipinski definition) is 2. The van der Waals surface area contributed by atoms with Gasteiger partial charge in [-0.3, -0.25) is 9.59 Å². The number of hydrogen-bond donors (Lipinski definition) is 2. The zero-order valence-electron chi connectivity index (χ0n) is 9.44. The number of nitrogens with two attached hydrogens (primary N) is 1. The summed E-state index contributed by atoms with van der Waals surface area (Å²) < 4.78 is 0. The van der Waals surface area contributed by atoms with Gasteiger partial charge in [0.05, 0.1) is 0 Å². The van der Waals surface area contributed by atoms with Crippen molar-refractivity contribution in [3.8, 4) is 0 Å². The maximum Gasteiger partial charge on any atom is 0.261 e. The van der Waals surface area contributed by atoms with Crippen molar-refractivity contribution in [3.05, 3.63) is 58.4 Å². The molecule has 1 amide bonds. The molecule has 0 aliphatic rings. The van der Waals surface area contributed by atoms with E-state index in [-0.39, 0.29) is 5.56 Å². The molecule has 0 bridgehead atoms. The number of amides is 1. The number of rotatable bonds is 1. The summed E-state index contributed by atoms with van der Waals surface area (Å²) >= 11 is 0. The van der Waals surface area contributed by atoms with Crippen molar-refractivity contribution in [3.63, 3.8) is 0 Å². The Kier molecular flexibility index (Phi) is 2.16. The molecule has 1 heterocycles. The molecule has 3 aromatic rings. The Labute approximate surface area is 102 Å². The molecule has 18 heavy (non-hydrogen) atoms. The van der Waals surface area contributed by atoms with Crippen LogP contribution in [0.25, 0.3) is 21.7 Å². The van der Waals surface area contributed by atoms with E-state index in [1.54, 1.807) is 6.07 Å². The normalized spacial score (nSPS) is 10.9. The van der Waals surface area contributed by atoms with E-state index < -0.39 is 11.5 Å². The fourth-order valence-electron chi connectivity index (χ4n) is 2.14. The first-order valence-corrected chi connectivity index (χ1v) is 5.51. The molecule has 0 aliphatic carbocycles. The molecule has 1 aromatic heterocycles. The number of carbonyl (C=O) groups excluding carboxylic acids is 1. The van der Waals surface area contributed by atoms with Gasteiger partial charge in [-0.1, -0.05) is 30.3 Å². The summed E-state index contributed by atoms with van der Waals surface area (Å²) in [6, 6.07) is 13.1. The van der Waals surface area contributed by atoms with E-state index in [1.165, 1.54) is 0 Å². The number of aromatic amines is 1. The molecule has 2 aromatic carbocycles. The smallest absolute Gasteiger partial charge is 0.261 e. The third kappa shape index (κ3) is 1.47. The van der Waals surface area contributed by atoms with Crippen molar-refractivity contribution in [2.45, 2.75) is 0 Å². The van der Waals surface area contributed by atoms with Gasteiger partial charge in [0.25, 0.3) is 11.5 Å². The van der Waals surface area contributed by atoms with Gasteiger partial charge in [-0.15, -0.1) is 0 Å². The lowest BCUT2D eigenvalue weighted by Gasteiger charge is -2.04. The number of pyridine rings is 1. The second kappa shape index (κ2) is 3.70. The Morgan fingerprint density at radius 3 is 2.61 bits per heavy atom. The first-order valence-electron chi connectivity index (χ1n) is 5.51. The van der Waals surface area contributed by atoms with Crippen LogP contribution in [0.1, 0.15) is 10.4 Å². The quantitative estimate of drug-likeness (QED) is 0.634. The number of aromatic nitrogens is 1. The molecule has 0 unspecified atom stereocenters. The summed E-state index contributed by atoms with van der Waals surface area (Å²) in [5, 5.41) is 2.85. The second-order valence-corrected chi connectivity index (χ2v) is 4.12. The molecule has 0 aliphatic heterocycles. The molecule has 0 saturated heterocycles.